The predicted molar refractivity (Wildman–Crippen MR) is 91.8 cm³/mol. The number of aryl methyl sites for hydroxylation is 1. The second kappa shape index (κ2) is 4.77. The monoisotopic (exact) mass is 302 g/mol. The first-order valence-corrected chi connectivity index (χ1v) is 7.85. The molecule has 114 valence electrons. The molecule has 23 heavy (non-hydrogen) atoms. The topological polar surface area (TPSA) is 37.3 Å². The van der Waals surface area contributed by atoms with Gasteiger partial charge in [0.2, 0.25) is 0 Å². The number of carbonyl (C=O) groups excluding carboxylic acids is 1. The van der Waals surface area contributed by atoms with Crippen LogP contribution in [0.25, 0.3) is 10.8 Å². The van der Waals surface area contributed by atoms with Crippen LogP contribution in [0.4, 0.5) is 0 Å². The van der Waals surface area contributed by atoms with Gasteiger partial charge in [-0.05, 0) is 35.7 Å². The molecule has 0 fully saturated rings. The summed E-state index contributed by atoms with van der Waals surface area (Å²) in [5, 5.41) is 12.9. The first kappa shape index (κ1) is 14.2. The number of benzene rings is 3. The summed E-state index contributed by atoms with van der Waals surface area (Å²) in [5.41, 5.74) is 2.56. The van der Waals surface area contributed by atoms with Crippen LogP contribution in [0.15, 0.2) is 60.7 Å². The highest BCUT2D eigenvalue weighted by atomic mass is 16.3. The Morgan fingerprint density at radius 3 is 2.30 bits per heavy atom. The first-order valence-electron chi connectivity index (χ1n) is 7.85. The lowest BCUT2D eigenvalue weighted by atomic mass is 9.65. The number of Topliss-reactive ketones (excluding diaryl/α,β-unsaturated/α-hetero) is 1. The number of carbonyl (C=O) groups is 1. The molecule has 1 N–H and O–H groups in total. The average Bonchev–Trinajstić information content (AvgIpc) is 2.58. The maximum atomic E-state index is 13.3. The van der Waals surface area contributed by atoms with Crippen LogP contribution in [0.5, 0.6) is 0 Å². The smallest absolute Gasteiger partial charge is 0.176 e. The summed E-state index contributed by atoms with van der Waals surface area (Å²) in [6, 6.07) is 19.5. The summed E-state index contributed by atoms with van der Waals surface area (Å²) < 4.78 is 0. The zero-order valence-electron chi connectivity index (χ0n) is 13.2. The number of ketones is 1. The van der Waals surface area contributed by atoms with E-state index in [1.807, 2.05) is 74.5 Å². The van der Waals surface area contributed by atoms with Crippen molar-refractivity contribution in [3.8, 4) is 0 Å². The molecule has 0 heterocycles. The van der Waals surface area contributed by atoms with Gasteiger partial charge in [-0.15, -0.1) is 0 Å². The van der Waals surface area contributed by atoms with Crippen LogP contribution in [-0.2, 0) is 5.41 Å². The molecule has 1 aliphatic carbocycles. The summed E-state index contributed by atoms with van der Waals surface area (Å²) in [7, 11) is 0. The second-order valence-electron chi connectivity index (χ2n) is 6.55. The van der Waals surface area contributed by atoms with E-state index in [0.29, 0.717) is 5.56 Å². The lowest BCUT2D eigenvalue weighted by Gasteiger charge is -2.38. The third-order valence-electron chi connectivity index (χ3n) is 5.15. The lowest BCUT2D eigenvalue weighted by Crippen LogP contribution is -2.42. The molecule has 4 rings (SSSR count). The van der Waals surface area contributed by atoms with E-state index in [9.17, 15) is 9.90 Å². The highest BCUT2D eigenvalue weighted by molar-refractivity contribution is 6.16. The van der Waals surface area contributed by atoms with Gasteiger partial charge in [-0.3, -0.25) is 4.79 Å². The molecule has 0 spiro atoms. The Bertz CT molecular complexity index is 919. The van der Waals surface area contributed by atoms with Crippen LogP contribution in [0.1, 0.15) is 40.1 Å². The first-order chi connectivity index (χ1) is 11.0. The molecule has 0 aromatic heterocycles. The van der Waals surface area contributed by atoms with Crippen LogP contribution < -0.4 is 0 Å². The molecule has 3 aromatic carbocycles. The van der Waals surface area contributed by atoms with Gasteiger partial charge < -0.3 is 5.11 Å². The van der Waals surface area contributed by atoms with Gasteiger partial charge in [0, 0.05) is 5.56 Å². The number of aliphatic hydroxyl groups excluding tert-OH is 1. The maximum Gasteiger partial charge on any atom is 0.176 e. The van der Waals surface area contributed by atoms with Crippen molar-refractivity contribution in [3.63, 3.8) is 0 Å². The third-order valence-corrected chi connectivity index (χ3v) is 5.15. The van der Waals surface area contributed by atoms with E-state index in [1.54, 1.807) is 0 Å². The van der Waals surface area contributed by atoms with E-state index in [1.165, 1.54) is 0 Å². The van der Waals surface area contributed by atoms with Gasteiger partial charge in [0.25, 0.3) is 0 Å². The largest absolute Gasteiger partial charge is 0.387 e. The Balaban J connectivity index is 2.02. The third kappa shape index (κ3) is 1.82. The fourth-order valence-corrected chi connectivity index (χ4v) is 3.69. The van der Waals surface area contributed by atoms with Gasteiger partial charge in [-0.1, -0.05) is 66.2 Å². The Morgan fingerprint density at radius 1 is 0.957 bits per heavy atom. The van der Waals surface area contributed by atoms with Gasteiger partial charge in [0.15, 0.2) is 5.78 Å². The molecule has 0 saturated carbocycles. The SMILES string of the molecule is Cc1ccc(C2(C)C(=O)c3cccc4cccc(c34)C2O)cc1. The van der Waals surface area contributed by atoms with Crippen molar-refractivity contribution >= 4 is 16.6 Å². The van der Waals surface area contributed by atoms with Crippen molar-refractivity contribution in [1.29, 1.82) is 0 Å². The molecule has 3 aromatic rings. The van der Waals surface area contributed by atoms with Crippen molar-refractivity contribution < 1.29 is 9.90 Å². The highest BCUT2D eigenvalue weighted by Gasteiger charge is 2.47. The molecule has 0 bridgehead atoms. The van der Waals surface area contributed by atoms with Crippen molar-refractivity contribution in [2.24, 2.45) is 0 Å². The minimum Gasteiger partial charge on any atom is -0.387 e. The zero-order chi connectivity index (χ0) is 16.2. The van der Waals surface area contributed by atoms with E-state index in [0.717, 1.165) is 27.5 Å². The van der Waals surface area contributed by atoms with Crippen LogP contribution >= 0.6 is 0 Å². The molecule has 0 radical (unpaired) electrons. The number of aliphatic hydroxyl groups is 1. The molecule has 1 aliphatic rings. The molecule has 2 nitrogen and oxygen atoms in total. The molecular formula is C21H18O2. The van der Waals surface area contributed by atoms with Crippen LogP contribution in [0.2, 0.25) is 0 Å². The van der Waals surface area contributed by atoms with Crippen molar-refractivity contribution in [1.82, 2.24) is 0 Å². The normalized spacial score (nSPS) is 23.3. The molecular weight excluding hydrogens is 284 g/mol. The summed E-state index contributed by atoms with van der Waals surface area (Å²) in [6.07, 6.45) is -0.851. The lowest BCUT2D eigenvalue weighted by molar-refractivity contribution is 0.0582. The number of hydrogen-bond acceptors (Lipinski definition) is 2. The van der Waals surface area contributed by atoms with Crippen molar-refractivity contribution in [2.45, 2.75) is 25.4 Å². The second-order valence-corrected chi connectivity index (χ2v) is 6.55. The summed E-state index contributed by atoms with van der Waals surface area (Å²) in [6.45, 7) is 3.86. The molecule has 0 amide bonds. The standard InChI is InChI=1S/C21H18O2/c1-13-9-11-15(12-10-13)21(2)19(22)16-7-3-5-14-6-4-8-17(18(14)16)20(21)23/h3-12,19,22H,1-2H3. The average molecular weight is 302 g/mol. The van der Waals surface area contributed by atoms with E-state index in [-0.39, 0.29) is 5.78 Å². The Morgan fingerprint density at radius 2 is 1.61 bits per heavy atom. The minimum atomic E-state index is -0.962. The van der Waals surface area contributed by atoms with E-state index in [4.69, 9.17) is 0 Å². The molecule has 2 heteroatoms. The Hall–Kier alpha value is -2.45. The van der Waals surface area contributed by atoms with Gasteiger partial charge >= 0.3 is 0 Å². The van der Waals surface area contributed by atoms with E-state index < -0.39 is 11.5 Å². The van der Waals surface area contributed by atoms with Crippen LogP contribution in [0, 0.1) is 6.92 Å². The fraction of sp³-hybridized carbons (Fsp3) is 0.190. The Kier molecular flexibility index (Phi) is 2.94. The van der Waals surface area contributed by atoms with Gasteiger partial charge in [-0.2, -0.15) is 0 Å². The molecule has 2 atom stereocenters. The minimum absolute atomic E-state index is 0.0156. The van der Waals surface area contributed by atoms with Gasteiger partial charge in [0.1, 0.15) is 0 Å². The van der Waals surface area contributed by atoms with E-state index >= 15 is 0 Å². The summed E-state index contributed by atoms with van der Waals surface area (Å²) >= 11 is 0. The fourth-order valence-electron chi connectivity index (χ4n) is 3.69. The maximum absolute atomic E-state index is 13.3. The molecule has 0 aliphatic heterocycles. The zero-order valence-corrected chi connectivity index (χ0v) is 13.2. The van der Waals surface area contributed by atoms with Gasteiger partial charge in [-0.25, -0.2) is 0 Å². The van der Waals surface area contributed by atoms with Crippen LogP contribution in [0.3, 0.4) is 0 Å². The van der Waals surface area contributed by atoms with Crippen molar-refractivity contribution in [3.05, 3.63) is 82.9 Å². The van der Waals surface area contributed by atoms with Crippen molar-refractivity contribution in [2.75, 3.05) is 0 Å². The number of rotatable bonds is 1. The predicted octanol–water partition coefficient (Wildman–Crippen LogP) is 4.34. The molecule has 0 saturated heterocycles. The highest BCUT2D eigenvalue weighted by Crippen LogP contribution is 2.47. The Labute approximate surface area is 135 Å². The summed E-state index contributed by atoms with van der Waals surface area (Å²) in [4.78, 5) is 13.3. The van der Waals surface area contributed by atoms with Crippen LogP contribution in [-0.4, -0.2) is 10.9 Å². The van der Waals surface area contributed by atoms with E-state index in [2.05, 4.69) is 0 Å². The summed E-state index contributed by atoms with van der Waals surface area (Å²) in [5.74, 6) is -0.0156. The quantitative estimate of drug-likeness (QED) is 0.726. The van der Waals surface area contributed by atoms with Gasteiger partial charge in [0.05, 0.1) is 11.5 Å². The number of hydrogen-bond donors (Lipinski definition) is 1. The molecule has 2 unspecified atom stereocenters.